The van der Waals surface area contributed by atoms with E-state index in [9.17, 15) is 8.78 Å². The predicted octanol–water partition coefficient (Wildman–Crippen LogP) is 1.56. The van der Waals surface area contributed by atoms with E-state index < -0.39 is 24.6 Å². The topological polar surface area (TPSA) is 47.6 Å². The zero-order valence-electron chi connectivity index (χ0n) is 8.24. The number of dihydropyridines is 1. The highest BCUT2D eigenvalue weighted by Crippen LogP contribution is 2.18. The van der Waals surface area contributed by atoms with Crippen LogP contribution in [0.5, 0.6) is 0 Å². The molecule has 1 aliphatic rings. The van der Waals surface area contributed by atoms with Crippen molar-refractivity contribution in [2.45, 2.75) is 31.0 Å². The minimum atomic E-state index is -2.51. The molecule has 0 amide bonds. The molecule has 0 fully saturated rings. The second-order valence-corrected chi connectivity index (χ2v) is 3.80. The Kier molecular flexibility index (Phi) is 4.63. The van der Waals surface area contributed by atoms with Gasteiger partial charge in [-0.25, -0.2) is 8.78 Å². The van der Waals surface area contributed by atoms with Crippen LogP contribution < -0.4 is 5.73 Å². The van der Waals surface area contributed by atoms with E-state index in [1.807, 2.05) is 0 Å². The molecule has 3 nitrogen and oxygen atoms in total. The molecule has 1 rings (SSSR count). The largest absolute Gasteiger partial charge is 0.349 e. The molecule has 3 atom stereocenters. The van der Waals surface area contributed by atoms with E-state index >= 15 is 0 Å². The van der Waals surface area contributed by atoms with Crippen molar-refractivity contribution in [1.29, 1.82) is 0 Å². The molecule has 86 valence electrons. The highest BCUT2D eigenvalue weighted by molar-refractivity contribution is 6.22. The minimum absolute atomic E-state index is 0.175. The first-order valence-electron chi connectivity index (χ1n) is 4.55. The van der Waals surface area contributed by atoms with E-state index in [1.165, 1.54) is 6.21 Å². The van der Waals surface area contributed by atoms with Crippen molar-refractivity contribution in [3.8, 4) is 0 Å². The number of hydrogen-bond donors (Lipinski definition) is 1. The van der Waals surface area contributed by atoms with Gasteiger partial charge in [0.05, 0.1) is 5.38 Å². The van der Waals surface area contributed by atoms with Gasteiger partial charge in [0.15, 0.2) is 6.23 Å². The zero-order chi connectivity index (χ0) is 11.4. The number of hydrogen-bond acceptors (Lipinski definition) is 3. The van der Waals surface area contributed by atoms with Gasteiger partial charge in [-0.2, -0.15) is 0 Å². The first-order valence-corrected chi connectivity index (χ1v) is 4.98. The molecule has 0 radical (unpaired) electrons. The Morgan fingerprint density at radius 1 is 1.67 bits per heavy atom. The van der Waals surface area contributed by atoms with E-state index in [0.29, 0.717) is 0 Å². The van der Waals surface area contributed by atoms with Crippen LogP contribution >= 0.6 is 11.6 Å². The number of nitrogens with two attached hydrogens (primary N) is 1. The van der Waals surface area contributed by atoms with Crippen LogP contribution in [0.3, 0.4) is 0 Å². The highest BCUT2D eigenvalue weighted by Gasteiger charge is 2.22. The van der Waals surface area contributed by atoms with Gasteiger partial charge in [-0.15, -0.1) is 11.6 Å². The summed E-state index contributed by atoms with van der Waals surface area (Å²) < 4.78 is 28.6. The third-order valence-electron chi connectivity index (χ3n) is 1.91. The van der Waals surface area contributed by atoms with Crippen molar-refractivity contribution in [2.24, 2.45) is 10.7 Å². The summed E-state index contributed by atoms with van der Waals surface area (Å²) in [5.74, 6) is 0. The standard InChI is InChI=1S/C9H13ClF2N2O/c1-5(13)6-2-7(10)9(14-3-6)15-4-8(11)12/h2-3,5,7-9H,4,13H2,1H3. The van der Waals surface area contributed by atoms with Gasteiger partial charge in [0, 0.05) is 12.3 Å². The molecule has 1 aliphatic heterocycles. The summed E-state index contributed by atoms with van der Waals surface area (Å²) in [5.41, 5.74) is 6.40. The van der Waals surface area contributed by atoms with Gasteiger partial charge in [-0.05, 0) is 12.5 Å². The zero-order valence-corrected chi connectivity index (χ0v) is 8.99. The predicted molar refractivity (Wildman–Crippen MR) is 55.6 cm³/mol. The normalized spacial score (nSPS) is 28.0. The van der Waals surface area contributed by atoms with E-state index in [-0.39, 0.29) is 6.04 Å². The number of alkyl halides is 3. The fraction of sp³-hybridized carbons (Fsp3) is 0.667. The Labute approximate surface area is 91.9 Å². The summed E-state index contributed by atoms with van der Waals surface area (Å²) in [6.07, 6.45) is -0.0688. The fourth-order valence-corrected chi connectivity index (χ4v) is 1.41. The maximum absolute atomic E-state index is 11.9. The van der Waals surface area contributed by atoms with Gasteiger partial charge in [-0.1, -0.05) is 6.08 Å². The van der Waals surface area contributed by atoms with Crippen LogP contribution in [0, 0.1) is 0 Å². The van der Waals surface area contributed by atoms with E-state index in [1.54, 1.807) is 13.0 Å². The van der Waals surface area contributed by atoms with Crippen molar-refractivity contribution >= 4 is 17.8 Å². The summed E-state index contributed by atoms with van der Waals surface area (Å²) in [5, 5.41) is -0.547. The SMILES string of the molecule is CC(N)C1=CC(Cl)C(OCC(F)F)N=C1. The Bertz CT molecular complexity index is 269. The van der Waals surface area contributed by atoms with Crippen molar-refractivity contribution in [1.82, 2.24) is 0 Å². The maximum Gasteiger partial charge on any atom is 0.261 e. The van der Waals surface area contributed by atoms with Crippen LogP contribution in [0.2, 0.25) is 0 Å². The fourth-order valence-electron chi connectivity index (χ4n) is 1.13. The third-order valence-corrected chi connectivity index (χ3v) is 2.25. The monoisotopic (exact) mass is 238 g/mol. The van der Waals surface area contributed by atoms with Gasteiger partial charge in [0.2, 0.25) is 0 Å². The molecule has 0 aromatic carbocycles. The molecular formula is C9H13ClF2N2O. The van der Waals surface area contributed by atoms with Crippen LogP contribution in [0.25, 0.3) is 0 Å². The number of ether oxygens (including phenoxy) is 1. The number of aliphatic imine (C=N–C) groups is 1. The van der Waals surface area contributed by atoms with Crippen LogP contribution in [0.15, 0.2) is 16.6 Å². The molecule has 1 heterocycles. The minimum Gasteiger partial charge on any atom is -0.349 e. The van der Waals surface area contributed by atoms with Gasteiger partial charge in [0.25, 0.3) is 6.43 Å². The molecule has 0 saturated heterocycles. The lowest BCUT2D eigenvalue weighted by atomic mass is 10.1. The van der Waals surface area contributed by atoms with Crippen LogP contribution in [0.4, 0.5) is 8.78 Å². The van der Waals surface area contributed by atoms with E-state index in [0.717, 1.165) is 5.57 Å². The van der Waals surface area contributed by atoms with Gasteiger partial charge >= 0.3 is 0 Å². The molecule has 15 heavy (non-hydrogen) atoms. The first-order chi connectivity index (χ1) is 7.00. The summed E-state index contributed by atoms with van der Waals surface area (Å²) in [6, 6.07) is -0.175. The second kappa shape index (κ2) is 5.53. The van der Waals surface area contributed by atoms with Crippen molar-refractivity contribution in [3.63, 3.8) is 0 Å². The lowest BCUT2D eigenvalue weighted by Crippen LogP contribution is -2.30. The van der Waals surface area contributed by atoms with Gasteiger partial charge < -0.3 is 10.5 Å². The summed E-state index contributed by atoms with van der Waals surface area (Å²) in [4.78, 5) is 3.92. The molecule has 2 N–H and O–H groups in total. The quantitative estimate of drug-likeness (QED) is 0.756. The molecular weight excluding hydrogens is 226 g/mol. The van der Waals surface area contributed by atoms with Gasteiger partial charge in [-0.3, -0.25) is 4.99 Å². The molecule has 0 aromatic heterocycles. The Morgan fingerprint density at radius 3 is 2.80 bits per heavy atom. The highest BCUT2D eigenvalue weighted by atomic mass is 35.5. The lowest BCUT2D eigenvalue weighted by molar-refractivity contribution is -0.0183. The molecule has 6 heteroatoms. The molecule has 0 bridgehead atoms. The van der Waals surface area contributed by atoms with E-state index in [4.69, 9.17) is 22.1 Å². The molecule has 0 saturated carbocycles. The Balaban J connectivity index is 2.50. The molecule has 3 unspecified atom stereocenters. The number of halogens is 3. The maximum atomic E-state index is 11.9. The summed E-state index contributed by atoms with van der Waals surface area (Å²) in [7, 11) is 0. The Morgan fingerprint density at radius 2 is 2.33 bits per heavy atom. The Hall–Kier alpha value is -0.520. The average Bonchev–Trinajstić information content (AvgIpc) is 2.15. The molecule has 0 aliphatic carbocycles. The van der Waals surface area contributed by atoms with Crippen LogP contribution in [0.1, 0.15) is 6.92 Å². The average molecular weight is 239 g/mol. The van der Waals surface area contributed by atoms with Crippen LogP contribution in [-0.4, -0.2) is 36.9 Å². The van der Waals surface area contributed by atoms with Crippen molar-refractivity contribution < 1.29 is 13.5 Å². The molecule has 0 aromatic rings. The summed E-state index contributed by atoms with van der Waals surface area (Å²) in [6.45, 7) is 1.13. The smallest absolute Gasteiger partial charge is 0.261 e. The number of rotatable bonds is 4. The van der Waals surface area contributed by atoms with Gasteiger partial charge in [0.1, 0.15) is 6.61 Å². The van der Waals surface area contributed by atoms with E-state index in [2.05, 4.69) is 4.99 Å². The van der Waals surface area contributed by atoms with Crippen LogP contribution in [-0.2, 0) is 4.74 Å². The van der Waals surface area contributed by atoms with Crippen molar-refractivity contribution in [2.75, 3.05) is 6.61 Å². The number of nitrogens with zero attached hydrogens (tertiary/aromatic N) is 1. The second-order valence-electron chi connectivity index (χ2n) is 3.29. The molecule has 0 spiro atoms. The first kappa shape index (κ1) is 12.5. The van der Waals surface area contributed by atoms with Crippen molar-refractivity contribution in [3.05, 3.63) is 11.6 Å². The summed E-state index contributed by atoms with van der Waals surface area (Å²) >= 11 is 5.89. The lowest BCUT2D eigenvalue weighted by Gasteiger charge is -2.22. The third kappa shape index (κ3) is 3.85.